The van der Waals surface area contributed by atoms with Crippen LogP contribution in [0.5, 0.6) is 0 Å². The molecule has 2 rings (SSSR count). The largest absolute Gasteiger partial charge is 0.378 e. The number of nitrogens with one attached hydrogen (secondary N) is 1. The summed E-state index contributed by atoms with van der Waals surface area (Å²) in [5.41, 5.74) is 5.78. The highest BCUT2D eigenvalue weighted by atomic mass is 16.5. The molecule has 0 aromatic carbocycles. The van der Waals surface area contributed by atoms with Crippen LogP contribution >= 0.6 is 0 Å². The Morgan fingerprint density at radius 2 is 1.94 bits per heavy atom. The van der Waals surface area contributed by atoms with E-state index in [1.807, 2.05) is 0 Å². The molecule has 3 unspecified atom stereocenters. The van der Waals surface area contributed by atoms with E-state index >= 15 is 0 Å². The molecular formula is C14H26N2O2. The van der Waals surface area contributed by atoms with E-state index < -0.39 is 0 Å². The number of nitrogens with two attached hydrogens (primary N) is 1. The Morgan fingerprint density at radius 1 is 1.17 bits per heavy atom. The molecule has 1 amide bonds. The summed E-state index contributed by atoms with van der Waals surface area (Å²) in [5.74, 6) is 0.613. The summed E-state index contributed by atoms with van der Waals surface area (Å²) < 4.78 is 5.61. The van der Waals surface area contributed by atoms with Gasteiger partial charge >= 0.3 is 0 Å². The zero-order valence-corrected chi connectivity index (χ0v) is 11.2. The Labute approximate surface area is 110 Å². The Morgan fingerprint density at radius 3 is 2.67 bits per heavy atom. The van der Waals surface area contributed by atoms with Gasteiger partial charge in [-0.15, -0.1) is 0 Å². The lowest BCUT2D eigenvalue weighted by Crippen LogP contribution is -2.45. The van der Waals surface area contributed by atoms with Crippen LogP contribution in [0.3, 0.4) is 0 Å². The van der Waals surface area contributed by atoms with E-state index in [2.05, 4.69) is 5.32 Å². The highest BCUT2D eigenvalue weighted by Crippen LogP contribution is 2.24. The van der Waals surface area contributed by atoms with Gasteiger partial charge in [-0.3, -0.25) is 4.79 Å². The molecule has 2 fully saturated rings. The van der Waals surface area contributed by atoms with Gasteiger partial charge in [-0.05, 0) is 44.6 Å². The molecule has 0 radical (unpaired) electrons. The first kappa shape index (κ1) is 13.8. The Kier molecular flexibility index (Phi) is 5.45. The fraction of sp³-hybridized carbons (Fsp3) is 0.929. The molecule has 1 saturated heterocycles. The van der Waals surface area contributed by atoms with Crippen molar-refractivity contribution in [1.29, 1.82) is 0 Å². The summed E-state index contributed by atoms with van der Waals surface area (Å²) in [6, 6.07) is 0.292. The van der Waals surface area contributed by atoms with Crippen molar-refractivity contribution in [3.8, 4) is 0 Å². The number of rotatable bonds is 4. The lowest BCUT2D eigenvalue weighted by atomic mass is 9.84. The van der Waals surface area contributed by atoms with Crippen LogP contribution in [0.2, 0.25) is 0 Å². The molecule has 2 aliphatic rings. The topological polar surface area (TPSA) is 64.3 Å². The van der Waals surface area contributed by atoms with Gasteiger partial charge in [-0.1, -0.05) is 12.8 Å². The average molecular weight is 254 g/mol. The van der Waals surface area contributed by atoms with E-state index in [-0.39, 0.29) is 12.0 Å². The van der Waals surface area contributed by atoms with Gasteiger partial charge in [0.2, 0.25) is 5.91 Å². The number of amides is 1. The lowest BCUT2D eigenvalue weighted by Gasteiger charge is -2.32. The van der Waals surface area contributed by atoms with E-state index in [1.54, 1.807) is 0 Å². The van der Waals surface area contributed by atoms with Gasteiger partial charge in [-0.2, -0.15) is 0 Å². The molecule has 0 aromatic heterocycles. The SMILES string of the molecule is NCC1CCCCC1NC(=O)CC1CCCCO1. The first-order chi connectivity index (χ1) is 8.79. The standard InChI is InChI=1S/C14H26N2O2/c15-10-11-5-1-2-7-13(11)16-14(17)9-12-6-3-4-8-18-12/h11-13H,1-10,15H2,(H,16,17). The van der Waals surface area contributed by atoms with E-state index in [0.29, 0.717) is 24.9 Å². The predicted molar refractivity (Wildman–Crippen MR) is 71.2 cm³/mol. The third-order valence-corrected chi connectivity index (χ3v) is 4.25. The smallest absolute Gasteiger partial charge is 0.222 e. The molecule has 1 saturated carbocycles. The Hall–Kier alpha value is -0.610. The molecule has 1 aliphatic heterocycles. The molecule has 0 aromatic rings. The molecule has 4 heteroatoms. The molecule has 3 N–H and O–H groups in total. The quantitative estimate of drug-likeness (QED) is 0.800. The normalized spacial score (nSPS) is 33.1. The van der Waals surface area contributed by atoms with Crippen molar-refractivity contribution in [1.82, 2.24) is 5.32 Å². The van der Waals surface area contributed by atoms with E-state index in [1.165, 1.54) is 19.3 Å². The summed E-state index contributed by atoms with van der Waals surface area (Å²) in [4.78, 5) is 12.0. The van der Waals surface area contributed by atoms with Gasteiger partial charge < -0.3 is 15.8 Å². The summed E-state index contributed by atoms with van der Waals surface area (Å²) in [7, 11) is 0. The summed E-state index contributed by atoms with van der Waals surface area (Å²) in [6.45, 7) is 1.50. The summed E-state index contributed by atoms with van der Waals surface area (Å²) in [6.07, 6.45) is 8.70. The van der Waals surface area contributed by atoms with E-state index in [4.69, 9.17) is 10.5 Å². The second-order valence-electron chi connectivity index (χ2n) is 5.65. The zero-order chi connectivity index (χ0) is 12.8. The first-order valence-corrected chi connectivity index (χ1v) is 7.40. The molecule has 4 nitrogen and oxygen atoms in total. The third kappa shape index (κ3) is 3.95. The van der Waals surface area contributed by atoms with Gasteiger partial charge in [0.1, 0.15) is 0 Å². The molecule has 1 heterocycles. The van der Waals surface area contributed by atoms with Crippen molar-refractivity contribution >= 4 is 5.91 Å². The molecule has 3 atom stereocenters. The van der Waals surface area contributed by atoms with Crippen molar-refractivity contribution in [3.05, 3.63) is 0 Å². The van der Waals surface area contributed by atoms with Crippen LogP contribution in [0.1, 0.15) is 51.4 Å². The Balaban J connectivity index is 1.75. The number of hydrogen-bond acceptors (Lipinski definition) is 3. The molecule has 0 spiro atoms. The minimum Gasteiger partial charge on any atom is -0.378 e. The average Bonchev–Trinajstić information content (AvgIpc) is 2.40. The molecule has 18 heavy (non-hydrogen) atoms. The maximum Gasteiger partial charge on any atom is 0.222 e. The van der Waals surface area contributed by atoms with Crippen LogP contribution in [0.4, 0.5) is 0 Å². The maximum atomic E-state index is 12.0. The monoisotopic (exact) mass is 254 g/mol. The van der Waals surface area contributed by atoms with Crippen LogP contribution in [-0.2, 0) is 9.53 Å². The summed E-state index contributed by atoms with van der Waals surface area (Å²) >= 11 is 0. The third-order valence-electron chi connectivity index (χ3n) is 4.25. The zero-order valence-electron chi connectivity index (χ0n) is 11.2. The minimum atomic E-state index is 0.138. The van der Waals surface area contributed by atoms with Gasteiger partial charge in [0.15, 0.2) is 0 Å². The van der Waals surface area contributed by atoms with Crippen molar-refractivity contribution in [2.75, 3.05) is 13.2 Å². The fourth-order valence-corrected chi connectivity index (χ4v) is 3.12. The number of hydrogen-bond donors (Lipinski definition) is 2. The molecule has 0 bridgehead atoms. The van der Waals surface area contributed by atoms with Gasteiger partial charge in [0.05, 0.1) is 12.5 Å². The van der Waals surface area contributed by atoms with E-state index in [0.717, 1.165) is 32.3 Å². The second kappa shape index (κ2) is 7.10. The van der Waals surface area contributed by atoms with Gasteiger partial charge in [0, 0.05) is 12.6 Å². The van der Waals surface area contributed by atoms with Crippen LogP contribution in [0.15, 0.2) is 0 Å². The van der Waals surface area contributed by atoms with Crippen LogP contribution in [0, 0.1) is 5.92 Å². The highest BCUT2D eigenvalue weighted by Gasteiger charge is 2.26. The number of carbonyl (C=O) groups excluding carboxylic acids is 1. The van der Waals surface area contributed by atoms with Gasteiger partial charge in [0.25, 0.3) is 0 Å². The van der Waals surface area contributed by atoms with Crippen molar-refractivity contribution < 1.29 is 9.53 Å². The predicted octanol–water partition coefficient (Wildman–Crippen LogP) is 1.58. The van der Waals surface area contributed by atoms with Crippen molar-refractivity contribution in [3.63, 3.8) is 0 Å². The first-order valence-electron chi connectivity index (χ1n) is 7.40. The summed E-state index contributed by atoms with van der Waals surface area (Å²) in [5, 5.41) is 3.17. The van der Waals surface area contributed by atoms with Gasteiger partial charge in [-0.25, -0.2) is 0 Å². The maximum absolute atomic E-state index is 12.0. The van der Waals surface area contributed by atoms with Crippen molar-refractivity contribution in [2.24, 2.45) is 11.7 Å². The van der Waals surface area contributed by atoms with Crippen LogP contribution < -0.4 is 11.1 Å². The molecule has 104 valence electrons. The second-order valence-corrected chi connectivity index (χ2v) is 5.65. The fourth-order valence-electron chi connectivity index (χ4n) is 3.12. The molecule has 1 aliphatic carbocycles. The van der Waals surface area contributed by atoms with E-state index in [9.17, 15) is 4.79 Å². The lowest BCUT2D eigenvalue weighted by molar-refractivity contribution is -0.126. The van der Waals surface area contributed by atoms with Crippen LogP contribution in [-0.4, -0.2) is 31.2 Å². The highest BCUT2D eigenvalue weighted by molar-refractivity contribution is 5.76. The number of carbonyl (C=O) groups is 1. The number of ether oxygens (including phenoxy) is 1. The minimum absolute atomic E-state index is 0.138. The van der Waals surface area contributed by atoms with Crippen LogP contribution in [0.25, 0.3) is 0 Å². The van der Waals surface area contributed by atoms with Crippen molar-refractivity contribution in [2.45, 2.75) is 63.5 Å². The Bertz CT molecular complexity index is 265. The molecular weight excluding hydrogens is 228 g/mol.